The van der Waals surface area contributed by atoms with Gasteiger partial charge in [-0.2, -0.15) is 18.1 Å². The minimum Gasteiger partial charge on any atom is -0.317 e. The van der Waals surface area contributed by atoms with Gasteiger partial charge in [0.25, 0.3) is 0 Å². The van der Waals surface area contributed by atoms with Gasteiger partial charge in [0.2, 0.25) is 0 Å². The fourth-order valence-electron chi connectivity index (χ4n) is 1.33. The van der Waals surface area contributed by atoms with Crippen molar-refractivity contribution < 1.29 is 46.1 Å². The second kappa shape index (κ2) is 5.77. The number of hydrogen-bond acceptors (Lipinski definition) is 4. The summed E-state index contributed by atoms with van der Waals surface area (Å²) in [7, 11) is -7.62. The maximum absolute atomic E-state index is 12.9. The zero-order valence-electron chi connectivity index (χ0n) is 9.20. The van der Waals surface area contributed by atoms with Crippen LogP contribution in [0.4, 0.5) is 17.6 Å². The Morgan fingerprint density at radius 2 is 1.65 bits per heavy atom. The Labute approximate surface area is 110 Å². The van der Waals surface area contributed by atoms with Crippen LogP contribution in [0.2, 0.25) is 0 Å². The summed E-state index contributed by atoms with van der Waals surface area (Å²) in [5, 5.41) is 9.64. The first-order valence-corrected chi connectivity index (χ1v) is 6.94. The summed E-state index contributed by atoms with van der Waals surface area (Å²) in [5.41, 5.74) is -6.77. The van der Waals surface area contributed by atoms with E-state index in [2.05, 4.69) is 4.52 Å². The van der Waals surface area contributed by atoms with Crippen LogP contribution in [-0.2, 0) is 25.4 Å². The van der Waals surface area contributed by atoms with Crippen molar-refractivity contribution in [1.82, 2.24) is 0 Å². The zero-order valence-corrected chi connectivity index (χ0v) is 11.0. The lowest BCUT2D eigenvalue weighted by Gasteiger charge is -2.15. The van der Waals surface area contributed by atoms with Gasteiger partial charge in [0.15, 0.2) is 0 Å². The molecule has 0 heterocycles. The molecule has 0 saturated heterocycles. The molecule has 3 unspecified atom stereocenters. The fraction of sp³-hybridized carbons (Fsp3) is 0.250. The molecule has 3 N–H and O–H groups in total. The summed E-state index contributed by atoms with van der Waals surface area (Å²) >= 11 is 0. The van der Waals surface area contributed by atoms with E-state index in [4.69, 9.17) is 9.79 Å². The van der Waals surface area contributed by atoms with E-state index in [1.54, 1.807) is 0 Å². The molecule has 110 valence electrons. The van der Waals surface area contributed by atoms with Crippen LogP contribution in [0.5, 0.6) is 0 Å². The number of aliphatic hydroxyl groups is 1. The molecule has 6 nitrogen and oxygen atoms in total. The lowest BCUT2D eigenvalue weighted by Crippen LogP contribution is -2.27. The Hall–Kier alpha value is -1.02. The van der Waals surface area contributed by atoms with Crippen molar-refractivity contribution in [3.05, 3.63) is 35.1 Å². The predicted molar refractivity (Wildman–Crippen MR) is 56.0 cm³/mol. The van der Waals surface area contributed by atoms with E-state index in [0.717, 1.165) is 0 Å². The molecule has 3 atom stereocenters. The number of hydrogen-bond donors (Lipinski definition) is 3. The van der Waals surface area contributed by atoms with Crippen LogP contribution in [0.1, 0.15) is 11.1 Å². The highest BCUT2D eigenvalue weighted by atomic mass is 31.1. The van der Waals surface area contributed by atoms with E-state index in [9.17, 15) is 31.8 Å². The third-order valence-electron chi connectivity index (χ3n) is 2.10. The van der Waals surface area contributed by atoms with Crippen LogP contribution in [0.15, 0.2) is 18.2 Å². The first-order chi connectivity index (χ1) is 8.98. The van der Waals surface area contributed by atoms with Gasteiger partial charge in [-0.15, -0.1) is 4.89 Å². The molecule has 0 aliphatic heterocycles. The third-order valence-corrected chi connectivity index (χ3v) is 3.52. The number of rotatable bonds is 4. The van der Waals surface area contributed by atoms with Crippen molar-refractivity contribution in [2.45, 2.75) is 11.7 Å². The Morgan fingerprint density at radius 3 is 2.05 bits per heavy atom. The van der Waals surface area contributed by atoms with Gasteiger partial charge in [-0.1, -0.05) is 0 Å². The highest BCUT2D eigenvalue weighted by Gasteiger charge is 2.62. The smallest absolute Gasteiger partial charge is 0.317 e. The van der Waals surface area contributed by atoms with Gasteiger partial charge >= 0.3 is 28.0 Å². The molecule has 0 saturated carbocycles. The Kier molecular flexibility index (Phi) is 4.91. The van der Waals surface area contributed by atoms with Crippen molar-refractivity contribution >= 4 is 16.3 Å². The van der Waals surface area contributed by atoms with Crippen LogP contribution >= 0.6 is 16.3 Å². The Morgan fingerprint density at radius 1 is 1.10 bits per heavy atom. The van der Waals surface area contributed by atoms with Gasteiger partial charge in [-0.3, -0.25) is 0 Å². The minimum absolute atomic E-state index is 0.0487. The van der Waals surface area contributed by atoms with Crippen LogP contribution in [-0.4, -0.2) is 14.9 Å². The lowest BCUT2D eigenvalue weighted by molar-refractivity contribution is -0.145. The molecule has 0 bridgehead atoms. The minimum atomic E-state index is -5.19. The Balaban J connectivity index is 3.57. The van der Waals surface area contributed by atoms with Gasteiger partial charge in [0.1, 0.15) is 5.82 Å². The molecular weight excluding hydrogens is 330 g/mol. The summed E-state index contributed by atoms with van der Waals surface area (Å²) in [4.78, 5) is 17.3. The van der Waals surface area contributed by atoms with Crippen LogP contribution in [0.3, 0.4) is 0 Å². The highest BCUT2D eigenvalue weighted by Crippen LogP contribution is 2.51. The van der Waals surface area contributed by atoms with Crippen LogP contribution < -0.4 is 0 Å². The summed E-state index contributed by atoms with van der Waals surface area (Å²) < 4.78 is 76.3. The van der Waals surface area contributed by atoms with E-state index in [1.807, 2.05) is 0 Å². The average Bonchev–Trinajstić information content (AvgIpc) is 2.26. The molecule has 12 heteroatoms. The number of benzene rings is 1. The second-order valence-electron chi connectivity index (χ2n) is 3.40. The van der Waals surface area contributed by atoms with E-state index in [-0.39, 0.29) is 6.07 Å². The molecule has 0 radical (unpaired) electrons. The molecular formula is C8H6F4O6P2+2. The normalized spacial score (nSPS) is 16.6. The van der Waals surface area contributed by atoms with Crippen molar-refractivity contribution in [3.8, 4) is 0 Å². The standard InChI is InChI=1S/C8H4F4O6P2/c9-4-1-2-5(6(3-4)7(10,11)12)8(13,19(14)15)18-20(16)17/h1-3,13H/p+2. The number of alkyl halides is 3. The first kappa shape index (κ1) is 17.0. The van der Waals surface area contributed by atoms with E-state index >= 15 is 0 Å². The van der Waals surface area contributed by atoms with E-state index in [1.165, 1.54) is 0 Å². The molecule has 0 aromatic heterocycles. The zero-order chi connectivity index (χ0) is 15.7. The largest absolute Gasteiger partial charge is 0.702 e. The van der Waals surface area contributed by atoms with Gasteiger partial charge in [0.05, 0.1) is 11.1 Å². The quantitative estimate of drug-likeness (QED) is 0.443. The predicted octanol–water partition coefficient (Wildman–Crippen LogP) is 2.35. The maximum Gasteiger partial charge on any atom is 0.702 e. The van der Waals surface area contributed by atoms with Gasteiger partial charge in [-0.05, 0) is 27.3 Å². The summed E-state index contributed by atoms with van der Waals surface area (Å²) in [6.45, 7) is 0. The summed E-state index contributed by atoms with van der Waals surface area (Å²) in [6.07, 6.45) is -5.19. The number of halogens is 4. The van der Waals surface area contributed by atoms with Crippen molar-refractivity contribution in [3.63, 3.8) is 0 Å². The molecule has 0 fully saturated rings. The van der Waals surface area contributed by atoms with Gasteiger partial charge in [0, 0.05) is 4.57 Å². The summed E-state index contributed by atoms with van der Waals surface area (Å²) in [5.74, 6) is -1.33. The topological polar surface area (TPSA) is 104 Å². The van der Waals surface area contributed by atoms with Crippen molar-refractivity contribution in [1.29, 1.82) is 0 Å². The fourth-order valence-corrected chi connectivity index (χ4v) is 2.54. The van der Waals surface area contributed by atoms with E-state index in [0.29, 0.717) is 12.1 Å². The third kappa shape index (κ3) is 3.54. The average molecular weight is 336 g/mol. The molecule has 0 amide bonds. The first-order valence-electron chi connectivity index (χ1n) is 4.59. The molecule has 0 spiro atoms. The second-order valence-corrected chi connectivity index (χ2v) is 5.21. The van der Waals surface area contributed by atoms with Crippen molar-refractivity contribution in [2.24, 2.45) is 0 Å². The molecule has 20 heavy (non-hydrogen) atoms. The molecule has 0 aliphatic carbocycles. The summed E-state index contributed by atoms with van der Waals surface area (Å²) in [6, 6.07) is 0.746. The Bertz CT molecular complexity index is 562. The van der Waals surface area contributed by atoms with Crippen LogP contribution in [0.25, 0.3) is 0 Å². The molecule has 1 aromatic rings. The van der Waals surface area contributed by atoms with Gasteiger partial charge < -0.3 is 5.11 Å². The molecule has 0 aliphatic rings. The van der Waals surface area contributed by atoms with Crippen molar-refractivity contribution in [2.75, 3.05) is 0 Å². The van der Waals surface area contributed by atoms with E-state index < -0.39 is 44.9 Å². The monoisotopic (exact) mass is 336 g/mol. The highest BCUT2D eigenvalue weighted by molar-refractivity contribution is 7.40. The molecule has 1 aromatic carbocycles. The van der Waals surface area contributed by atoms with Crippen LogP contribution in [0, 0.1) is 5.82 Å². The van der Waals surface area contributed by atoms with Gasteiger partial charge in [-0.25, -0.2) is 4.39 Å². The lowest BCUT2D eigenvalue weighted by atomic mass is 10.1. The maximum atomic E-state index is 12.9. The molecule has 1 rings (SSSR count). The SMILES string of the molecule is O=[P+](O)OC(O)(c1ccc(F)cc1C(F)(F)F)[P+](=O)O.